The van der Waals surface area contributed by atoms with Crippen LogP contribution in [0.4, 0.5) is 0 Å². The first-order valence-corrected chi connectivity index (χ1v) is 12.9. The van der Waals surface area contributed by atoms with Gasteiger partial charge in [-0.15, -0.1) is 0 Å². The van der Waals surface area contributed by atoms with Crippen molar-refractivity contribution in [2.24, 2.45) is 0 Å². The average Bonchev–Trinajstić information content (AvgIpc) is 2.83. The maximum absolute atomic E-state index is 13.4. The van der Waals surface area contributed by atoms with E-state index < -0.39 is 10.0 Å². The summed E-state index contributed by atoms with van der Waals surface area (Å²) >= 11 is 0. The van der Waals surface area contributed by atoms with Crippen molar-refractivity contribution < 1.29 is 13.2 Å². The third-order valence-electron chi connectivity index (χ3n) is 6.18. The summed E-state index contributed by atoms with van der Waals surface area (Å²) in [6, 6.07) is 24.6. The molecule has 3 aromatic rings. The second-order valence-corrected chi connectivity index (χ2v) is 10.5. The summed E-state index contributed by atoms with van der Waals surface area (Å²) in [5, 5.41) is 3.09. The Morgan fingerprint density at radius 1 is 0.970 bits per heavy atom. The molecule has 1 aliphatic rings. The van der Waals surface area contributed by atoms with E-state index in [-0.39, 0.29) is 29.9 Å². The van der Waals surface area contributed by atoms with Crippen LogP contribution in [-0.2, 0) is 27.7 Å². The van der Waals surface area contributed by atoms with Crippen LogP contribution in [0.15, 0.2) is 83.8 Å². The van der Waals surface area contributed by atoms with E-state index in [1.165, 1.54) is 9.87 Å². The zero-order valence-electron chi connectivity index (χ0n) is 18.9. The number of rotatable bonds is 8. The van der Waals surface area contributed by atoms with Crippen molar-refractivity contribution in [3.8, 4) is 0 Å². The molecule has 0 aliphatic heterocycles. The molecule has 0 bridgehead atoms. The summed E-state index contributed by atoms with van der Waals surface area (Å²) in [7, 11) is -3.81. The molecule has 0 heterocycles. The summed E-state index contributed by atoms with van der Waals surface area (Å²) in [5.74, 6) is -0.277. The second-order valence-electron chi connectivity index (χ2n) is 8.60. The third-order valence-corrected chi connectivity index (χ3v) is 8.04. The number of hydrogen-bond acceptors (Lipinski definition) is 3. The highest BCUT2D eigenvalue weighted by atomic mass is 32.2. The van der Waals surface area contributed by atoms with Gasteiger partial charge < -0.3 is 5.32 Å². The lowest BCUT2D eigenvalue weighted by Gasteiger charge is -2.28. The van der Waals surface area contributed by atoms with Gasteiger partial charge in [0, 0.05) is 6.54 Å². The van der Waals surface area contributed by atoms with E-state index in [2.05, 4.69) is 17.4 Å². The van der Waals surface area contributed by atoms with Crippen molar-refractivity contribution in [2.45, 2.75) is 43.5 Å². The van der Waals surface area contributed by atoms with E-state index in [9.17, 15) is 13.2 Å². The minimum Gasteiger partial charge on any atom is -0.348 e. The maximum Gasteiger partial charge on any atom is 0.243 e. The lowest BCUT2D eigenvalue weighted by Crippen LogP contribution is -2.43. The molecule has 5 nitrogen and oxygen atoms in total. The largest absolute Gasteiger partial charge is 0.348 e. The molecular weight excluding hydrogens is 432 g/mol. The van der Waals surface area contributed by atoms with Crippen molar-refractivity contribution in [3.05, 3.63) is 101 Å². The number of nitrogens with one attached hydrogen (secondary N) is 1. The standard InChI is InChI=1S/C27H30N2O3S/c1-21-14-16-24(17-15-21)33(31,32)29(19-18-22-8-3-2-4-9-22)20-27(30)28-26-13-7-11-23-10-5-6-12-25(23)26/h2-6,8-10,12,14-17,26H,7,11,13,18-20H2,1H3,(H,28,30)/t26-/m0/s1. The molecule has 33 heavy (non-hydrogen) atoms. The van der Waals surface area contributed by atoms with Gasteiger partial charge >= 0.3 is 0 Å². The Kier molecular flexibility index (Phi) is 7.26. The monoisotopic (exact) mass is 462 g/mol. The molecule has 1 amide bonds. The highest BCUT2D eigenvalue weighted by molar-refractivity contribution is 7.89. The Morgan fingerprint density at radius 2 is 1.67 bits per heavy atom. The van der Waals surface area contributed by atoms with E-state index in [4.69, 9.17) is 0 Å². The number of carbonyl (C=O) groups is 1. The molecule has 4 rings (SSSR count). The summed E-state index contributed by atoms with van der Waals surface area (Å²) in [5.41, 5.74) is 4.40. The highest BCUT2D eigenvalue weighted by Gasteiger charge is 2.28. The molecule has 0 fully saturated rings. The van der Waals surface area contributed by atoms with E-state index >= 15 is 0 Å². The fourth-order valence-corrected chi connectivity index (χ4v) is 5.74. The maximum atomic E-state index is 13.4. The van der Waals surface area contributed by atoms with Gasteiger partial charge in [-0.1, -0.05) is 72.3 Å². The van der Waals surface area contributed by atoms with Gasteiger partial charge in [0.1, 0.15) is 0 Å². The molecule has 172 valence electrons. The lowest BCUT2D eigenvalue weighted by atomic mass is 9.88. The first-order chi connectivity index (χ1) is 15.9. The number of benzene rings is 3. The average molecular weight is 463 g/mol. The molecule has 0 aromatic heterocycles. The first kappa shape index (κ1) is 23.2. The Hall–Kier alpha value is -2.96. The number of sulfonamides is 1. The van der Waals surface area contributed by atoms with Crippen LogP contribution in [0, 0.1) is 6.92 Å². The van der Waals surface area contributed by atoms with Crippen LogP contribution in [0.5, 0.6) is 0 Å². The van der Waals surface area contributed by atoms with Crippen LogP contribution in [0.2, 0.25) is 0 Å². The van der Waals surface area contributed by atoms with E-state index in [0.29, 0.717) is 6.42 Å². The highest BCUT2D eigenvalue weighted by Crippen LogP contribution is 2.29. The molecule has 1 aliphatic carbocycles. The number of carbonyl (C=O) groups excluding carboxylic acids is 1. The first-order valence-electron chi connectivity index (χ1n) is 11.4. The van der Waals surface area contributed by atoms with Gasteiger partial charge in [-0.2, -0.15) is 4.31 Å². The van der Waals surface area contributed by atoms with Gasteiger partial charge in [-0.3, -0.25) is 4.79 Å². The molecule has 3 aromatic carbocycles. The number of hydrogen-bond donors (Lipinski definition) is 1. The van der Waals surface area contributed by atoms with Gasteiger partial charge in [-0.05, 0) is 61.4 Å². The number of fused-ring (bicyclic) bond motifs is 1. The third kappa shape index (κ3) is 5.70. The van der Waals surface area contributed by atoms with Crippen molar-refractivity contribution in [1.82, 2.24) is 9.62 Å². The Morgan fingerprint density at radius 3 is 2.42 bits per heavy atom. The molecule has 1 N–H and O–H groups in total. The van der Waals surface area contributed by atoms with Crippen molar-refractivity contribution in [3.63, 3.8) is 0 Å². The zero-order chi connectivity index (χ0) is 23.3. The molecule has 6 heteroatoms. The Balaban J connectivity index is 1.53. The lowest BCUT2D eigenvalue weighted by molar-refractivity contribution is -0.122. The van der Waals surface area contributed by atoms with Crippen LogP contribution < -0.4 is 5.32 Å². The summed E-state index contributed by atoms with van der Waals surface area (Å²) in [6.45, 7) is 1.94. The molecule has 1 atom stereocenters. The van der Waals surface area contributed by atoms with Gasteiger partial charge in [0.2, 0.25) is 15.9 Å². The van der Waals surface area contributed by atoms with E-state index in [0.717, 1.165) is 36.0 Å². The molecule has 0 unspecified atom stereocenters. The number of amides is 1. The van der Waals surface area contributed by atoms with Crippen LogP contribution in [0.1, 0.15) is 41.1 Å². The van der Waals surface area contributed by atoms with Crippen molar-refractivity contribution in [1.29, 1.82) is 0 Å². The normalized spacial score (nSPS) is 15.8. The van der Waals surface area contributed by atoms with Gasteiger partial charge in [0.25, 0.3) is 0 Å². The van der Waals surface area contributed by atoms with Gasteiger partial charge in [-0.25, -0.2) is 8.42 Å². The summed E-state index contributed by atoms with van der Waals surface area (Å²) in [4.78, 5) is 13.3. The summed E-state index contributed by atoms with van der Waals surface area (Å²) < 4.78 is 28.2. The van der Waals surface area contributed by atoms with Crippen LogP contribution >= 0.6 is 0 Å². The Labute approximate surface area is 196 Å². The smallest absolute Gasteiger partial charge is 0.243 e. The molecule has 0 saturated carbocycles. The Bertz CT molecular complexity index is 1190. The molecule has 0 radical (unpaired) electrons. The van der Waals surface area contributed by atoms with Crippen LogP contribution in [0.3, 0.4) is 0 Å². The molecule has 0 saturated heterocycles. The molecular formula is C27H30N2O3S. The molecule has 0 spiro atoms. The predicted molar refractivity (Wildman–Crippen MR) is 130 cm³/mol. The minimum atomic E-state index is -3.81. The SMILES string of the molecule is Cc1ccc(S(=O)(=O)N(CCc2ccccc2)CC(=O)N[C@H]2CCCc3ccccc32)cc1. The fourth-order valence-electron chi connectivity index (χ4n) is 4.35. The van der Waals surface area contributed by atoms with Gasteiger partial charge in [0.05, 0.1) is 17.5 Å². The summed E-state index contributed by atoms with van der Waals surface area (Å²) in [6.07, 6.45) is 3.40. The predicted octanol–water partition coefficient (Wildman–Crippen LogP) is 4.42. The number of aryl methyl sites for hydroxylation is 2. The van der Waals surface area contributed by atoms with Crippen LogP contribution in [0.25, 0.3) is 0 Å². The van der Waals surface area contributed by atoms with E-state index in [1.807, 2.05) is 49.4 Å². The zero-order valence-corrected chi connectivity index (χ0v) is 19.7. The quantitative estimate of drug-likeness (QED) is 0.539. The van der Waals surface area contributed by atoms with E-state index in [1.54, 1.807) is 24.3 Å². The fraction of sp³-hybridized carbons (Fsp3) is 0.296. The topological polar surface area (TPSA) is 66.5 Å². The number of nitrogens with zero attached hydrogens (tertiary/aromatic N) is 1. The van der Waals surface area contributed by atoms with Gasteiger partial charge in [0.15, 0.2) is 0 Å². The minimum absolute atomic E-state index is 0.0829. The van der Waals surface area contributed by atoms with Crippen molar-refractivity contribution in [2.75, 3.05) is 13.1 Å². The van der Waals surface area contributed by atoms with Crippen LogP contribution in [-0.4, -0.2) is 31.7 Å². The second kappa shape index (κ2) is 10.3. The van der Waals surface area contributed by atoms with Crippen molar-refractivity contribution >= 4 is 15.9 Å².